The number of halogens is 5. The van der Waals surface area contributed by atoms with Gasteiger partial charge in [-0.2, -0.15) is 47.2 Å². The van der Waals surface area contributed by atoms with Gasteiger partial charge in [-0.05, 0) is 73.0 Å². The molecule has 4 rings (SSSR count). The summed E-state index contributed by atoms with van der Waals surface area (Å²) in [5, 5.41) is 11.8. The zero-order valence-corrected chi connectivity index (χ0v) is 25.8. The third-order valence-electron chi connectivity index (χ3n) is 8.88. The first-order chi connectivity index (χ1) is 19.9. The van der Waals surface area contributed by atoms with Crippen molar-refractivity contribution in [3.05, 3.63) is 34.0 Å². The van der Waals surface area contributed by atoms with E-state index in [-0.39, 0.29) is 17.8 Å². The number of alkyl halides is 5. The molecule has 0 aliphatic heterocycles. The SMILES string of the molecule is O=S(=O)(Oc1c(C2CCCCC2)cc(C2CCCCC2)cc1C1CCCCC1)C(F)(F)S(=O)(=O)[NH+]([O-])S(=O)(=O)C(F)(F)F. The van der Waals surface area contributed by atoms with Gasteiger partial charge in [0.15, 0.2) is 0 Å². The maximum absolute atomic E-state index is 15.2. The lowest BCUT2D eigenvalue weighted by Gasteiger charge is -2.32. The van der Waals surface area contributed by atoms with Crippen molar-refractivity contribution in [1.29, 1.82) is 0 Å². The summed E-state index contributed by atoms with van der Waals surface area (Å²) in [6.07, 6.45) is 11.9. The second-order valence-corrected chi connectivity index (χ2v) is 17.6. The molecule has 3 saturated carbocycles. The number of hydrogen-bond donors (Lipinski definition) is 1. The van der Waals surface area contributed by atoms with Gasteiger partial charge in [-0.25, -0.2) is 0 Å². The topological polar surface area (TPSA) is 139 Å². The molecule has 1 atom stereocenters. The molecule has 0 bridgehead atoms. The van der Waals surface area contributed by atoms with E-state index in [2.05, 4.69) is 0 Å². The molecule has 43 heavy (non-hydrogen) atoms. The van der Waals surface area contributed by atoms with E-state index in [1.807, 2.05) is 0 Å². The van der Waals surface area contributed by atoms with Gasteiger partial charge >= 0.3 is 40.3 Å². The average Bonchev–Trinajstić information content (AvgIpc) is 2.97. The number of nitrogens with one attached hydrogen (secondary N) is 1. The van der Waals surface area contributed by atoms with Crippen molar-refractivity contribution in [3.8, 4) is 5.75 Å². The first-order valence-electron chi connectivity index (χ1n) is 14.5. The first-order valence-corrected chi connectivity index (χ1v) is 18.9. The van der Waals surface area contributed by atoms with Crippen LogP contribution in [0.5, 0.6) is 5.75 Å². The van der Waals surface area contributed by atoms with E-state index < -0.39 is 49.9 Å². The zero-order chi connectivity index (χ0) is 31.8. The smallest absolute Gasteiger partial charge is 0.550 e. The largest absolute Gasteiger partial charge is 0.602 e. The fourth-order valence-corrected chi connectivity index (χ4v) is 10.7. The van der Waals surface area contributed by atoms with Crippen LogP contribution in [0.4, 0.5) is 22.0 Å². The molecule has 0 saturated heterocycles. The quantitative estimate of drug-likeness (QED) is 0.201. The molecule has 17 heteroatoms. The van der Waals surface area contributed by atoms with Crippen molar-refractivity contribution >= 4 is 30.2 Å². The minimum atomic E-state index is -7.45. The predicted octanol–water partition coefficient (Wildman–Crippen LogP) is 5.65. The van der Waals surface area contributed by atoms with E-state index >= 15 is 8.78 Å². The maximum atomic E-state index is 15.2. The summed E-state index contributed by atoms with van der Waals surface area (Å²) >= 11 is 0. The number of sulfonamides is 2. The van der Waals surface area contributed by atoms with Gasteiger partial charge in [0.2, 0.25) is 0 Å². The molecule has 0 amide bonds. The molecular formula is C26H36F5NO8S3. The van der Waals surface area contributed by atoms with Crippen molar-refractivity contribution in [2.45, 2.75) is 124 Å². The monoisotopic (exact) mass is 681 g/mol. The van der Waals surface area contributed by atoms with Crippen molar-refractivity contribution < 1.29 is 55.3 Å². The Kier molecular flexibility index (Phi) is 10.1. The van der Waals surface area contributed by atoms with Gasteiger partial charge in [0, 0.05) is 0 Å². The van der Waals surface area contributed by atoms with E-state index in [0.29, 0.717) is 36.8 Å². The number of quaternary nitrogens is 1. The van der Waals surface area contributed by atoms with E-state index in [1.165, 1.54) is 0 Å². The Morgan fingerprint density at radius 1 is 0.628 bits per heavy atom. The van der Waals surface area contributed by atoms with Crippen molar-refractivity contribution in [2.24, 2.45) is 0 Å². The summed E-state index contributed by atoms with van der Waals surface area (Å²) in [4.78, 5) is 0. The van der Waals surface area contributed by atoms with E-state index in [9.17, 15) is 43.6 Å². The van der Waals surface area contributed by atoms with Gasteiger partial charge in [0.1, 0.15) is 5.75 Å². The third kappa shape index (κ3) is 6.70. The van der Waals surface area contributed by atoms with Crippen LogP contribution in [-0.2, 0) is 30.2 Å². The van der Waals surface area contributed by atoms with Crippen LogP contribution in [0.2, 0.25) is 0 Å². The minimum absolute atomic E-state index is 0.135. The Morgan fingerprint density at radius 3 is 1.37 bits per heavy atom. The molecule has 0 radical (unpaired) electrons. The third-order valence-corrected chi connectivity index (χ3v) is 14.5. The molecule has 0 heterocycles. The molecule has 9 nitrogen and oxygen atoms in total. The molecule has 0 aromatic heterocycles. The van der Waals surface area contributed by atoms with E-state index in [4.69, 9.17) is 4.18 Å². The highest BCUT2D eigenvalue weighted by molar-refractivity contribution is 8.08. The van der Waals surface area contributed by atoms with Crippen LogP contribution >= 0.6 is 0 Å². The van der Waals surface area contributed by atoms with Gasteiger partial charge in [0.25, 0.3) is 0 Å². The summed E-state index contributed by atoms with van der Waals surface area (Å²) < 4.78 is 137. The van der Waals surface area contributed by atoms with Crippen LogP contribution in [0.1, 0.15) is 131 Å². The van der Waals surface area contributed by atoms with Crippen molar-refractivity contribution in [3.63, 3.8) is 0 Å². The molecule has 0 spiro atoms. The second kappa shape index (κ2) is 12.7. The van der Waals surface area contributed by atoms with Crippen LogP contribution < -0.4 is 8.06 Å². The molecule has 1 N–H and O–H groups in total. The zero-order valence-electron chi connectivity index (χ0n) is 23.4. The summed E-state index contributed by atoms with van der Waals surface area (Å²) in [5.74, 6) is -1.000. The molecular weight excluding hydrogens is 645 g/mol. The molecule has 3 fully saturated rings. The second-order valence-electron chi connectivity index (χ2n) is 11.7. The molecule has 246 valence electrons. The molecule has 1 unspecified atom stereocenters. The Labute approximate surface area is 249 Å². The van der Waals surface area contributed by atoms with Gasteiger partial charge in [-0.1, -0.05) is 69.9 Å². The summed E-state index contributed by atoms with van der Waals surface area (Å²) in [5.41, 5.74) is -5.06. The van der Waals surface area contributed by atoms with Gasteiger partial charge < -0.3 is 9.39 Å². The Hall–Kier alpha value is -1.56. The van der Waals surface area contributed by atoms with Gasteiger partial charge in [-0.3, -0.25) is 0 Å². The Morgan fingerprint density at radius 2 is 1.00 bits per heavy atom. The summed E-state index contributed by atoms with van der Waals surface area (Å²) in [6, 6.07) is 3.43. The lowest BCUT2D eigenvalue weighted by molar-refractivity contribution is -0.558. The normalized spacial score (nSPS) is 21.9. The Bertz CT molecular complexity index is 1440. The van der Waals surface area contributed by atoms with Crippen LogP contribution in [0.15, 0.2) is 12.1 Å². The number of benzene rings is 1. The molecule has 1 aromatic rings. The number of rotatable bonds is 9. The number of hydrogen-bond acceptors (Lipinski definition) is 8. The van der Waals surface area contributed by atoms with Crippen LogP contribution in [0.3, 0.4) is 0 Å². The highest BCUT2D eigenvalue weighted by Gasteiger charge is 2.69. The summed E-state index contributed by atoms with van der Waals surface area (Å²) in [7, 11) is -21.6. The standard InChI is InChI=1S/C26H36F5NO8S3/c27-25(28,29)41(34,35)32(33)42(36,37)26(30,31)43(38,39)40-24-22(19-12-6-2-7-13-19)16-21(18-10-4-1-5-11-18)17-23(24)20-14-8-3-9-15-20/h16-20,32H,1-15H2. The maximum Gasteiger partial charge on any atom is 0.550 e. The van der Waals surface area contributed by atoms with Crippen LogP contribution in [0, 0.1) is 5.21 Å². The highest BCUT2D eigenvalue weighted by Crippen LogP contribution is 2.48. The molecule has 3 aliphatic rings. The van der Waals surface area contributed by atoms with Gasteiger partial charge in [-0.15, -0.1) is 3.87 Å². The van der Waals surface area contributed by atoms with E-state index in [0.717, 1.165) is 76.2 Å². The van der Waals surface area contributed by atoms with E-state index in [1.54, 1.807) is 12.1 Å². The average molecular weight is 682 g/mol. The molecule has 3 aliphatic carbocycles. The summed E-state index contributed by atoms with van der Waals surface area (Å²) in [6.45, 7) is 0. The van der Waals surface area contributed by atoms with Crippen LogP contribution in [0.25, 0.3) is 0 Å². The minimum Gasteiger partial charge on any atom is -0.602 e. The molecule has 1 aromatic carbocycles. The van der Waals surface area contributed by atoms with Crippen molar-refractivity contribution in [2.75, 3.05) is 0 Å². The Balaban J connectivity index is 1.86. The van der Waals surface area contributed by atoms with Gasteiger partial charge in [0.05, 0.1) is 0 Å². The fraction of sp³-hybridized carbons (Fsp3) is 0.769. The lowest BCUT2D eigenvalue weighted by Crippen LogP contribution is -3.14. The van der Waals surface area contributed by atoms with Crippen molar-refractivity contribution in [1.82, 2.24) is 0 Å². The lowest BCUT2D eigenvalue weighted by atomic mass is 9.75. The fourth-order valence-electron chi connectivity index (χ4n) is 6.53. The first kappa shape index (κ1) is 34.3. The van der Waals surface area contributed by atoms with Crippen LogP contribution in [-0.4, -0.2) is 35.3 Å². The highest BCUT2D eigenvalue weighted by atomic mass is 32.3. The predicted molar refractivity (Wildman–Crippen MR) is 147 cm³/mol.